The molecule has 3 aliphatic rings. The van der Waals surface area contributed by atoms with Crippen molar-refractivity contribution in [1.82, 2.24) is 29.2 Å². The number of H-pyrrole nitrogens is 1. The molecule has 0 bridgehead atoms. The minimum Gasteiger partial charge on any atom is -0.444 e. The Morgan fingerprint density at radius 3 is 1.66 bits per heavy atom. The number of benzene rings is 3. The van der Waals surface area contributed by atoms with Gasteiger partial charge in [-0.05, 0) is 139 Å². The molecule has 3 aromatic carbocycles. The van der Waals surface area contributed by atoms with Crippen molar-refractivity contribution in [3.8, 4) is 0 Å². The summed E-state index contributed by atoms with van der Waals surface area (Å²) < 4.78 is 54.8. The van der Waals surface area contributed by atoms with Crippen molar-refractivity contribution in [3.05, 3.63) is 106 Å². The zero-order valence-corrected chi connectivity index (χ0v) is 35.8. The van der Waals surface area contributed by atoms with Crippen molar-refractivity contribution in [1.29, 1.82) is 0 Å². The quantitative estimate of drug-likeness (QED) is 0.159. The SMILES string of the molecule is CC(C)(C)OC(=O)N1CCc2c([nH]c3cc(F)ccc23)C1.Cl.Cn1c2c(c3ccc(F)cc31)CCN(C(=O)OC(C)(C)C)C2.Cn1c2c(c3ccc(F)cc31)CCNC2. The second-order valence-corrected chi connectivity index (χ2v) is 17.3. The van der Waals surface area contributed by atoms with Crippen molar-refractivity contribution in [2.45, 2.75) is 91.6 Å². The Bertz CT molecular complexity index is 2530. The number of amides is 2. The Morgan fingerprint density at radius 2 is 1.10 bits per heavy atom. The van der Waals surface area contributed by atoms with E-state index in [0.29, 0.717) is 26.2 Å². The maximum absolute atomic E-state index is 13.5. The highest BCUT2D eigenvalue weighted by molar-refractivity contribution is 5.88. The van der Waals surface area contributed by atoms with Gasteiger partial charge in [0.05, 0.1) is 24.1 Å². The molecule has 0 saturated carbocycles. The highest BCUT2D eigenvalue weighted by atomic mass is 35.5. The van der Waals surface area contributed by atoms with E-state index in [1.165, 1.54) is 46.0 Å². The van der Waals surface area contributed by atoms with Crippen LogP contribution in [-0.2, 0) is 62.5 Å². The van der Waals surface area contributed by atoms with Gasteiger partial charge in [0.1, 0.15) is 28.7 Å². The molecule has 0 unspecified atom stereocenters. The summed E-state index contributed by atoms with van der Waals surface area (Å²) in [4.78, 5) is 31.0. The third kappa shape index (κ3) is 9.36. The number of hydrogen-bond donors (Lipinski definition) is 2. The largest absolute Gasteiger partial charge is 0.444 e. The molecule has 9 rings (SSSR count). The number of fused-ring (bicyclic) bond motifs is 9. The number of nitrogens with zero attached hydrogens (tertiary/aromatic N) is 4. The van der Waals surface area contributed by atoms with E-state index < -0.39 is 11.2 Å². The summed E-state index contributed by atoms with van der Waals surface area (Å²) in [6.45, 7) is 15.3. The van der Waals surface area contributed by atoms with Gasteiger partial charge in [0, 0.05) is 72.5 Å². The fourth-order valence-corrected chi connectivity index (χ4v) is 8.18. The van der Waals surface area contributed by atoms with Crippen LogP contribution < -0.4 is 5.32 Å². The average molecular weight is 835 g/mol. The number of aromatic amines is 1. The lowest BCUT2D eigenvalue weighted by Gasteiger charge is -2.30. The molecule has 6 aromatic rings. The van der Waals surface area contributed by atoms with E-state index in [1.54, 1.807) is 34.1 Å². The normalized spacial score (nSPS) is 15.0. The molecule has 10 nitrogen and oxygen atoms in total. The molecule has 6 heterocycles. The number of carbonyl (C=O) groups is 2. The van der Waals surface area contributed by atoms with Gasteiger partial charge in [-0.2, -0.15) is 0 Å². The van der Waals surface area contributed by atoms with Crippen LogP contribution in [0.1, 0.15) is 75.3 Å². The van der Waals surface area contributed by atoms with Gasteiger partial charge < -0.3 is 38.7 Å². The van der Waals surface area contributed by atoms with E-state index >= 15 is 0 Å². The number of hydrogen-bond acceptors (Lipinski definition) is 5. The zero-order valence-electron chi connectivity index (χ0n) is 35.0. The predicted molar refractivity (Wildman–Crippen MR) is 227 cm³/mol. The summed E-state index contributed by atoms with van der Waals surface area (Å²) in [5, 5.41) is 6.66. The Balaban J connectivity index is 0.000000150. The fourth-order valence-electron chi connectivity index (χ4n) is 8.18. The van der Waals surface area contributed by atoms with Crippen LogP contribution in [0.2, 0.25) is 0 Å². The summed E-state index contributed by atoms with van der Waals surface area (Å²) in [7, 11) is 3.92. The lowest BCUT2D eigenvalue weighted by Crippen LogP contribution is -2.40. The second kappa shape index (κ2) is 16.8. The van der Waals surface area contributed by atoms with E-state index in [2.05, 4.69) is 14.9 Å². The number of halogens is 4. The van der Waals surface area contributed by atoms with Crippen molar-refractivity contribution >= 4 is 57.3 Å². The molecule has 3 aliphatic heterocycles. The van der Waals surface area contributed by atoms with Crippen LogP contribution >= 0.6 is 12.4 Å². The van der Waals surface area contributed by atoms with E-state index in [1.807, 2.05) is 72.3 Å². The maximum Gasteiger partial charge on any atom is 0.410 e. The van der Waals surface area contributed by atoms with Crippen molar-refractivity contribution in [2.24, 2.45) is 14.1 Å². The number of rotatable bonds is 0. The lowest BCUT2D eigenvalue weighted by molar-refractivity contribution is 0.0211. The topological polar surface area (TPSA) is 96.8 Å². The van der Waals surface area contributed by atoms with Gasteiger partial charge in [0.15, 0.2) is 0 Å². The molecule has 316 valence electrons. The van der Waals surface area contributed by atoms with Gasteiger partial charge in [0.25, 0.3) is 0 Å². The monoisotopic (exact) mass is 834 g/mol. The molecule has 59 heavy (non-hydrogen) atoms. The molecular weight excluding hydrogens is 781 g/mol. The number of ether oxygens (including phenoxy) is 2. The molecule has 0 radical (unpaired) electrons. The number of aryl methyl sites for hydroxylation is 2. The highest BCUT2D eigenvalue weighted by Crippen LogP contribution is 2.32. The third-order valence-electron chi connectivity index (χ3n) is 10.9. The maximum atomic E-state index is 13.5. The minimum absolute atomic E-state index is 0. The van der Waals surface area contributed by atoms with Crippen LogP contribution in [0, 0.1) is 17.5 Å². The van der Waals surface area contributed by atoms with Crippen molar-refractivity contribution < 1.29 is 32.2 Å². The van der Waals surface area contributed by atoms with E-state index in [4.69, 9.17) is 9.47 Å². The minimum atomic E-state index is -0.501. The Morgan fingerprint density at radius 1 is 0.627 bits per heavy atom. The first-order valence-corrected chi connectivity index (χ1v) is 19.8. The number of nitrogens with one attached hydrogen (secondary N) is 2. The van der Waals surface area contributed by atoms with Crippen LogP contribution in [0.3, 0.4) is 0 Å². The van der Waals surface area contributed by atoms with Gasteiger partial charge in [-0.25, -0.2) is 22.8 Å². The standard InChI is InChI=1S/C17H21FN2O2.C16H19FN2O2.C12H13FN2.ClH/c1-17(2,3)22-16(21)20-8-7-13-12-6-5-11(18)9-14(12)19(4)15(13)10-20;1-16(2,3)21-15(20)19-7-6-12-11-5-4-10(17)8-13(11)18-14(12)9-19;1-15-11-6-8(13)2-3-9(11)10-4-5-14-7-12(10)15;/h5-6,9H,7-8,10H2,1-4H3;4-5,8,18H,6-7,9H2,1-3H3;2-3,6,14H,4-5,7H2,1H3;1H. The molecule has 3 aromatic heterocycles. The van der Waals surface area contributed by atoms with Crippen LogP contribution in [0.15, 0.2) is 54.6 Å². The third-order valence-corrected chi connectivity index (χ3v) is 10.9. The summed E-state index contributed by atoms with van der Waals surface area (Å²) in [6.07, 6.45) is 1.95. The molecule has 0 fully saturated rings. The summed E-state index contributed by atoms with van der Waals surface area (Å²) >= 11 is 0. The molecule has 0 atom stereocenters. The first kappa shape index (κ1) is 43.4. The van der Waals surface area contributed by atoms with Crippen molar-refractivity contribution in [2.75, 3.05) is 19.6 Å². The summed E-state index contributed by atoms with van der Waals surface area (Å²) in [6, 6.07) is 14.7. The van der Waals surface area contributed by atoms with Crippen LogP contribution in [-0.4, -0.2) is 66.9 Å². The van der Waals surface area contributed by atoms with E-state index in [0.717, 1.165) is 71.1 Å². The highest BCUT2D eigenvalue weighted by Gasteiger charge is 2.30. The van der Waals surface area contributed by atoms with Gasteiger partial charge in [-0.1, -0.05) is 0 Å². The molecule has 2 amide bonds. The van der Waals surface area contributed by atoms with E-state index in [9.17, 15) is 22.8 Å². The van der Waals surface area contributed by atoms with Crippen LogP contribution in [0.5, 0.6) is 0 Å². The predicted octanol–water partition coefficient (Wildman–Crippen LogP) is 9.60. The van der Waals surface area contributed by atoms with Gasteiger partial charge in [-0.15, -0.1) is 12.4 Å². The zero-order chi connectivity index (χ0) is 41.7. The van der Waals surface area contributed by atoms with Crippen LogP contribution in [0.25, 0.3) is 32.7 Å². The summed E-state index contributed by atoms with van der Waals surface area (Å²) in [5.41, 5.74) is 8.73. The van der Waals surface area contributed by atoms with E-state index in [-0.39, 0.29) is 42.0 Å². The van der Waals surface area contributed by atoms with Gasteiger partial charge in [0.2, 0.25) is 0 Å². The molecule has 0 saturated heterocycles. The van der Waals surface area contributed by atoms with Crippen molar-refractivity contribution in [3.63, 3.8) is 0 Å². The average Bonchev–Trinajstić information content (AvgIpc) is 3.76. The molecule has 0 aliphatic carbocycles. The summed E-state index contributed by atoms with van der Waals surface area (Å²) in [5.74, 6) is -0.659. The molecule has 0 spiro atoms. The smallest absolute Gasteiger partial charge is 0.410 e. The Hall–Kier alpha value is -5.14. The molecular formula is C45H54ClF3N6O4. The van der Waals surface area contributed by atoms with Crippen LogP contribution in [0.4, 0.5) is 22.8 Å². The number of aromatic nitrogens is 3. The fraction of sp³-hybridized carbons (Fsp3) is 0.422. The second-order valence-electron chi connectivity index (χ2n) is 17.3. The first-order chi connectivity index (χ1) is 27.4. The first-order valence-electron chi connectivity index (χ1n) is 19.8. The van der Waals surface area contributed by atoms with Gasteiger partial charge in [-0.3, -0.25) is 0 Å². The number of carbonyl (C=O) groups excluding carboxylic acids is 2. The lowest BCUT2D eigenvalue weighted by atomic mass is 10.0. The molecule has 14 heteroatoms. The van der Waals surface area contributed by atoms with Gasteiger partial charge >= 0.3 is 12.2 Å². The Labute approximate surface area is 349 Å². The Kier molecular flexibility index (Phi) is 12.4. The molecule has 2 N–H and O–H groups in total.